The molecule has 0 N–H and O–H groups in total. The molecule has 2 aromatic heterocycles. The number of carbonyl (C=O) groups is 1. The van der Waals surface area contributed by atoms with E-state index < -0.39 is 0 Å². The molecule has 0 saturated carbocycles. The number of pyridine rings is 2. The van der Waals surface area contributed by atoms with Gasteiger partial charge in [0.15, 0.2) is 5.78 Å². The number of aromatic nitrogens is 2. The van der Waals surface area contributed by atoms with E-state index in [0.29, 0.717) is 22.4 Å². The molecule has 2 heterocycles. The normalized spacial score (nSPS) is 12.4. The molecule has 0 fully saturated rings. The minimum atomic E-state index is -0.0994. The summed E-state index contributed by atoms with van der Waals surface area (Å²) in [5, 5.41) is 1.09. The van der Waals surface area contributed by atoms with Crippen LogP contribution < -0.4 is 4.74 Å². The summed E-state index contributed by atoms with van der Waals surface area (Å²) in [6, 6.07) is 7.26. The Morgan fingerprint density at radius 2 is 2.00 bits per heavy atom. The van der Waals surface area contributed by atoms with Crippen molar-refractivity contribution in [3.8, 4) is 16.9 Å². The third kappa shape index (κ3) is 1.59. The van der Waals surface area contributed by atoms with Gasteiger partial charge in [-0.1, -0.05) is 11.6 Å². The zero-order valence-electron chi connectivity index (χ0n) is 11.1. The predicted octanol–water partition coefficient (Wildman–Crippen LogP) is 3.50. The van der Waals surface area contributed by atoms with E-state index in [1.807, 2.05) is 12.1 Å². The van der Waals surface area contributed by atoms with Gasteiger partial charge in [-0.05, 0) is 18.2 Å². The third-order valence-electron chi connectivity index (χ3n) is 3.71. The van der Waals surface area contributed by atoms with Crippen molar-refractivity contribution in [2.45, 2.75) is 0 Å². The molecular weight excluding hydrogens is 288 g/mol. The van der Waals surface area contributed by atoms with Crippen molar-refractivity contribution in [2.24, 2.45) is 0 Å². The lowest BCUT2D eigenvalue weighted by Crippen LogP contribution is -1.98. The summed E-state index contributed by atoms with van der Waals surface area (Å²) < 4.78 is 5.21. The summed E-state index contributed by atoms with van der Waals surface area (Å²) in [7, 11) is 1.60. The molecule has 4 rings (SSSR count). The Hall–Kier alpha value is -2.46. The summed E-state index contributed by atoms with van der Waals surface area (Å²) in [6.45, 7) is 0. The number of rotatable bonds is 1. The van der Waals surface area contributed by atoms with E-state index in [1.165, 1.54) is 0 Å². The van der Waals surface area contributed by atoms with Gasteiger partial charge in [0.1, 0.15) is 10.9 Å². The largest absolute Gasteiger partial charge is 0.497 e. The minimum absolute atomic E-state index is 0.0994. The Kier molecular flexibility index (Phi) is 2.50. The Labute approximate surface area is 125 Å². The van der Waals surface area contributed by atoms with Crippen molar-refractivity contribution < 1.29 is 9.53 Å². The van der Waals surface area contributed by atoms with Gasteiger partial charge < -0.3 is 4.74 Å². The summed E-state index contributed by atoms with van der Waals surface area (Å²) in [5.41, 5.74) is 3.38. The first-order valence-corrected chi connectivity index (χ1v) is 6.75. The lowest BCUT2D eigenvalue weighted by molar-refractivity contribution is 0.104. The smallest absolute Gasteiger partial charge is 0.197 e. The number of hydrogen-bond acceptors (Lipinski definition) is 4. The van der Waals surface area contributed by atoms with Crippen molar-refractivity contribution in [1.82, 2.24) is 9.97 Å². The molecule has 0 radical (unpaired) electrons. The second-order valence-electron chi connectivity index (χ2n) is 4.79. The summed E-state index contributed by atoms with van der Waals surface area (Å²) in [4.78, 5) is 21.0. The summed E-state index contributed by atoms with van der Waals surface area (Å²) >= 11 is 6.24. The van der Waals surface area contributed by atoms with E-state index in [-0.39, 0.29) is 10.9 Å². The number of benzene rings is 1. The molecule has 4 nitrogen and oxygen atoms in total. The van der Waals surface area contributed by atoms with Gasteiger partial charge in [-0.3, -0.25) is 9.78 Å². The van der Waals surface area contributed by atoms with Crippen LogP contribution in [0.2, 0.25) is 5.15 Å². The molecule has 0 atom stereocenters. The number of ketones is 1. The lowest BCUT2D eigenvalue weighted by atomic mass is 10.0. The highest BCUT2D eigenvalue weighted by Gasteiger charge is 2.31. The maximum atomic E-state index is 12.5. The van der Waals surface area contributed by atoms with Crippen LogP contribution in [0.4, 0.5) is 0 Å². The zero-order valence-corrected chi connectivity index (χ0v) is 11.8. The molecule has 21 heavy (non-hydrogen) atoms. The van der Waals surface area contributed by atoms with E-state index >= 15 is 0 Å². The highest BCUT2D eigenvalue weighted by atomic mass is 35.5. The quantitative estimate of drug-likeness (QED) is 0.504. The fourth-order valence-electron chi connectivity index (χ4n) is 2.76. The first-order chi connectivity index (χ1) is 10.2. The molecule has 1 aliphatic carbocycles. The van der Waals surface area contributed by atoms with Gasteiger partial charge in [-0.25, -0.2) is 4.98 Å². The molecule has 0 aliphatic heterocycles. The van der Waals surface area contributed by atoms with Gasteiger partial charge in [0.2, 0.25) is 0 Å². The van der Waals surface area contributed by atoms with Crippen LogP contribution in [-0.4, -0.2) is 22.9 Å². The average Bonchev–Trinajstić information content (AvgIpc) is 2.81. The van der Waals surface area contributed by atoms with Crippen LogP contribution in [0.3, 0.4) is 0 Å². The molecule has 1 aromatic carbocycles. The van der Waals surface area contributed by atoms with E-state index in [1.54, 1.807) is 31.6 Å². The molecule has 0 amide bonds. The number of methoxy groups -OCH3 is 1. The van der Waals surface area contributed by atoms with Gasteiger partial charge in [-0.15, -0.1) is 0 Å². The van der Waals surface area contributed by atoms with Crippen LogP contribution in [0.1, 0.15) is 15.9 Å². The number of fused-ring (bicyclic) bond motifs is 5. The van der Waals surface area contributed by atoms with Crippen LogP contribution in [0.25, 0.3) is 22.0 Å². The van der Waals surface area contributed by atoms with Crippen LogP contribution >= 0.6 is 11.6 Å². The second-order valence-corrected chi connectivity index (χ2v) is 5.14. The maximum absolute atomic E-state index is 12.5. The van der Waals surface area contributed by atoms with Gasteiger partial charge in [0.05, 0.1) is 18.2 Å². The standard InChI is InChI=1S/C16H9ClN2O2/c1-21-8-2-3-10-12(6-8)19-16(17)14-13(10)11-7-18-5-4-9(11)15(14)20/h2-7H,1H3. The van der Waals surface area contributed by atoms with E-state index in [4.69, 9.17) is 16.3 Å². The van der Waals surface area contributed by atoms with Crippen LogP contribution in [0, 0.1) is 0 Å². The highest BCUT2D eigenvalue weighted by Crippen LogP contribution is 2.43. The third-order valence-corrected chi connectivity index (χ3v) is 3.98. The maximum Gasteiger partial charge on any atom is 0.197 e. The van der Waals surface area contributed by atoms with Gasteiger partial charge in [0, 0.05) is 40.5 Å². The van der Waals surface area contributed by atoms with Gasteiger partial charge in [0.25, 0.3) is 0 Å². The number of ether oxygens (including phenoxy) is 1. The Morgan fingerprint density at radius 1 is 1.14 bits per heavy atom. The van der Waals surface area contributed by atoms with Crippen molar-refractivity contribution in [2.75, 3.05) is 7.11 Å². The molecule has 0 unspecified atom stereocenters. The summed E-state index contributed by atoms with van der Waals surface area (Å²) in [6.07, 6.45) is 3.30. The molecule has 102 valence electrons. The molecular formula is C16H9ClN2O2. The fourth-order valence-corrected chi connectivity index (χ4v) is 3.03. The fraction of sp³-hybridized carbons (Fsp3) is 0.0625. The SMILES string of the molecule is COc1ccc2c3c(c(Cl)nc2c1)C(=O)c1ccncc1-3. The molecule has 0 spiro atoms. The first kappa shape index (κ1) is 12.3. The van der Waals surface area contributed by atoms with Crippen LogP contribution in [0.5, 0.6) is 5.75 Å². The predicted molar refractivity (Wildman–Crippen MR) is 80.0 cm³/mol. The van der Waals surface area contributed by atoms with E-state index in [9.17, 15) is 4.79 Å². The number of nitrogens with zero attached hydrogens (tertiary/aromatic N) is 2. The Balaban J connectivity index is 2.16. The Bertz CT molecular complexity index is 922. The van der Waals surface area contributed by atoms with Crippen LogP contribution in [0.15, 0.2) is 36.7 Å². The van der Waals surface area contributed by atoms with Crippen molar-refractivity contribution in [3.63, 3.8) is 0 Å². The van der Waals surface area contributed by atoms with Crippen molar-refractivity contribution >= 4 is 28.3 Å². The molecule has 0 bridgehead atoms. The average molecular weight is 297 g/mol. The monoisotopic (exact) mass is 296 g/mol. The van der Waals surface area contributed by atoms with Crippen molar-refractivity contribution in [1.29, 1.82) is 0 Å². The van der Waals surface area contributed by atoms with E-state index in [2.05, 4.69) is 9.97 Å². The Morgan fingerprint density at radius 3 is 2.81 bits per heavy atom. The van der Waals surface area contributed by atoms with Crippen molar-refractivity contribution in [3.05, 3.63) is 52.9 Å². The second kappa shape index (κ2) is 4.27. The van der Waals surface area contributed by atoms with E-state index in [0.717, 1.165) is 16.5 Å². The minimum Gasteiger partial charge on any atom is -0.497 e. The lowest BCUT2D eigenvalue weighted by Gasteiger charge is -2.08. The van der Waals surface area contributed by atoms with Crippen LogP contribution in [-0.2, 0) is 0 Å². The number of halogens is 1. The molecule has 5 heteroatoms. The zero-order chi connectivity index (χ0) is 14.6. The molecule has 1 aliphatic rings. The number of hydrogen-bond donors (Lipinski definition) is 0. The van der Waals surface area contributed by atoms with Gasteiger partial charge in [-0.2, -0.15) is 0 Å². The van der Waals surface area contributed by atoms with Gasteiger partial charge >= 0.3 is 0 Å². The summed E-state index contributed by atoms with van der Waals surface area (Å²) in [5.74, 6) is 0.597. The molecule has 0 saturated heterocycles. The number of carbonyl (C=O) groups excluding carboxylic acids is 1. The topological polar surface area (TPSA) is 52.1 Å². The highest BCUT2D eigenvalue weighted by molar-refractivity contribution is 6.38. The molecule has 3 aromatic rings. The first-order valence-electron chi connectivity index (χ1n) is 6.37.